The van der Waals surface area contributed by atoms with Gasteiger partial charge in [-0.05, 0) is 44.9 Å². The van der Waals surface area contributed by atoms with Crippen LogP contribution in [0.4, 0.5) is 0 Å². The van der Waals surface area contributed by atoms with E-state index in [1.165, 1.54) is 83.5 Å². The van der Waals surface area contributed by atoms with E-state index >= 15 is 0 Å². The van der Waals surface area contributed by atoms with E-state index in [1.807, 2.05) is 0 Å². The number of esters is 2. The number of aliphatic hydroxyl groups is 4. The number of hydrogen-bond acceptors (Lipinski definition) is 10. The van der Waals surface area contributed by atoms with Crippen LogP contribution in [0.15, 0.2) is 24.3 Å². The van der Waals surface area contributed by atoms with Crippen molar-refractivity contribution in [2.75, 3.05) is 19.8 Å². The van der Waals surface area contributed by atoms with Crippen LogP contribution in [-0.4, -0.2) is 89.0 Å². The van der Waals surface area contributed by atoms with Crippen molar-refractivity contribution in [3.8, 4) is 0 Å². The van der Waals surface area contributed by atoms with Crippen LogP contribution < -0.4 is 0 Å². The molecule has 0 aromatic carbocycles. The molecule has 1 aliphatic heterocycles. The lowest BCUT2D eigenvalue weighted by molar-refractivity contribution is -0.305. The number of rotatable bonds is 35. The Morgan fingerprint density at radius 2 is 1.06 bits per heavy atom. The smallest absolute Gasteiger partial charge is 0.306 e. The fraction of sp³-hybridized carbons (Fsp3) is 0.860. The first-order valence-corrected chi connectivity index (χ1v) is 21.4. The number of carbonyl (C=O) groups excluding carboxylic acids is 2. The number of carbonyl (C=O) groups is 2. The lowest BCUT2D eigenvalue weighted by Crippen LogP contribution is -2.59. The van der Waals surface area contributed by atoms with Gasteiger partial charge in [-0.25, -0.2) is 0 Å². The van der Waals surface area contributed by atoms with Crippen LogP contribution in [0.3, 0.4) is 0 Å². The Labute approximate surface area is 322 Å². The molecule has 1 heterocycles. The Morgan fingerprint density at radius 1 is 0.585 bits per heavy atom. The SMILES string of the molecule is CCCCC/C=C\C/C=C\CCCCCCCC(=O)OC[C@@H](CO[C@@H]1O[C@H](CO)[C@H](O)[C@H](O)[C@H]1O)OC(=O)CCCCCCCCCCCCCCC. The van der Waals surface area contributed by atoms with Crippen LogP contribution in [0.1, 0.15) is 181 Å². The van der Waals surface area contributed by atoms with E-state index in [0.29, 0.717) is 12.8 Å². The second kappa shape index (κ2) is 34.7. The summed E-state index contributed by atoms with van der Waals surface area (Å²) in [5.41, 5.74) is 0. The van der Waals surface area contributed by atoms with Gasteiger partial charge in [0.25, 0.3) is 0 Å². The summed E-state index contributed by atoms with van der Waals surface area (Å²) >= 11 is 0. The molecule has 10 nitrogen and oxygen atoms in total. The van der Waals surface area contributed by atoms with Crippen molar-refractivity contribution in [3.63, 3.8) is 0 Å². The van der Waals surface area contributed by atoms with E-state index in [9.17, 15) is 30.0 Å². The third-order valence-electron chi connectivity index (χ3n) is 9.84. The van der Waals surface area contributed by atoms with Gasteiger partial charge in [-0.1, -0.05) is 147 Å². The van der Waals surface area contributed by atoms with Crippen LogP contribution in [0.5, 0.6) is 0 Å². The normalized spacial score (nSPS) is 21.1. The lowest BCUT2D eigenvalue weighted by Gasteiger charge is -2.39. The second-order valence-electron chi connectivity index (χ2n) is 14.8. The van der Waals surface area contributed by atoms with Gasteiger partial charge < -0.3 is 39.4 Å². The molecule has 0 aromatic rings. The highest BCUT2D eigenvalue weighted by atomic mass is 16.7. The first-order valence-electron chi connectivity index (χ1n) is 21.4. The maximum absolute atomic E-state index is 12.7. The summed E-state index contributed by atoms with van der Waals surface area (Å²) < 4.78 is 22.1. The van der Waals surface area contributed by atoms with Gasteiger partial charge in [0.15, 0.2) is 12.4 Å². The summed E-state index contributed by atoms with van der Waals surface area (Å²) in [7, 11) is 0. The predicted molar refractivity (Wildman–Crippen MR) is 210 cm³/mol. The number of unbranched alkanes of at least 4 members (excludes halogenated alkanes) is 20. The van der Waals surface area contributed by atoms with E-state index in [-0.39, 0.29) is 32.0 Å². The summed E-state index contributed by atoms with van der Waals surface area (Å²) in [5.74, 6) is -0.818. The molecule has 4 N–H and O–H groups in total. The summed E-state index contributed by atoms with van der Waals surface area (Å²) in [5, 5.41) is 40.0. The Kier molecular flexibility index (Phi) is 32.2. The number of hydrogen-bond donors (Lipinski definition) is 4. The molecule has 1 fully saturated rings. The summed E-state index contributed by atoms with van der Waals surface area (Å²) in [6, 6.07) is 0. The maximum Gasteiger partial charge on any atom is 0.306 e. The minimum absolute atomic E-state index is 0.221. The Bertz CT molecular complexity index is 923. The Hall–Kier alpha value is -1.82. The molecule has 1 aliphatic rings. The van der Waals surface area contributed by atoms with Gasteiger partial charge in [0, 0.05) is 12.8 Å². The molecule has 0 radical (unpaired) electrons. The lowest BCUT2D eigenvalue weighted by atomic mass is 9.99. The molecule has 0 amide bonds. The minimum Gasteiger partial charge on any atom is -0.462 e. The van der Waals surface area contributed by atoms with Gasteiger partial charge in [-0.2, -0.15) is 0 Å². The third-order valence-corrected chi connectivity index (χ3v) is 9.84. The zero-order chi connectivity index (χ0) is 38.8. The molecule has 0 saturated carbocycles. The third kappa shape index (κ3) is 26.6. The molecule has 1 rings (SSSR count). The van der Waals surface area contributed by atoms with Gasteiger partial charge in [-0.3, -0.25) is 9.59 Å². The van der Waals surface area contributed by atoms with Crippen molar-refractivity contribution < 1.29 is 49.0 Å². The molecule has 6 atom stereocenters. The van der Waals surface area contributed by atoms with Crippen molar-refractivity contribution in [2.45, 2.75) is 218 Å². The van der Waals surface area contributed by atoms with Crippen LogP contribution in [0.2, 0.25) is 0 Å². The molecule has 0 aromatic heterocycles. The van der Waals surface area contributed by atoms with Crippen LogP contribution in [-0.2, 0) is 28.5 Å². The maximum atomic E-state index is 12.7. The molecule has 310 valence electrons. The van der Waals surface area contributed by atoms with Gasteiger partial charge in [0.1, 0.15) is 31.0 Å². The zero-order valence-electron chi connectivity index (χ0n) is 33.5. The standard InChI is InChI=1S/C43H78O10/c1-3-5-7-9-11-13-15-17-18-20-21-23-25-27-29-31-38(45)50-34-36(35-51-43-42(49)41(48)40(47)37(33-44)53-43)52-39(46)32-30-28-26-24-22-19-16-14-12-10-8-6-4-2/h11,13,17-18,36-37,40-44,47-49H,3-10,12,14-16,19-35H2,1-2H3/b13-11-,18-17-/t36-,37+,40-,41-,42+,43+/m0/s1. The average Bonchev–Trinajstić information content (AvgIpc) is 3.15. The van der Waals surface area contributed by atoms with Crippen molar-refractivity contribution in [1.82, 2.24) is 0 Å². The molecular weight excluding hydrogens is 676 g/mol. The molecular formula is C43H78O10. The second-order valence-corrected chi connectivity index (χ2v) is 14.8. The van der Waals surface area contributed by atoms with Gasteiger partial charge in [-0.15, -0.1) is 0 Å². The highest BCUT2D eigenvalue weighted by Gasteiger charge is 2.44. The average molecular weight is 755 g/mol. The first-order chi connectivity index (χ1) is 25.8. The van der Waals surface area contributed by atoms with Crippen LogP contribution in [0, 0.1) is 0 Å². The van der Waals surface area contributed by atoms with E-state index < -0.39 is 49.4 Å². The molecule has 0 unspecified atom stereocenters. The molecule has 1 saturated heterocycles. The molecule has 0 aliphatic carbocycles. The molecule has 0 bridgehead atoms. The van der Waals surface area contributed by atoms with Crippen molar-refractivity contribution in [2.24, 2.45) is 0 Å². The van der Waals surface area contributed by atoms with Gasteiger partial charge >= 0.3 is 11.9 Å². The summed E-state index contributed by atoms with van der Waals surface area (Å²) in [4.78, 5) is 25.2. The highest BCUT2D eigenvalue weighted by molar-refractivity contribution is 5.70. The van der Waals surface area contributed by atoms with Gasteiger partial charge in [0.2, 0.25) is 0 Å². The van der Waals surface area contributed by atoms with Gasteiger partial charge in [0.05, 0.1) is 13.2 Å². The number of allylic oxidation sites excluding steroid dienone is 4. The molecule has 0 spiro atoms. The number of ether oxygens (including phenoxy) is 4. The van der Waals surface area contributed by atoms with E-state index in [4.69, 9.17) is 18.9 Å². The monoisotopic (exact) mass is 755 g/mol. The highest BCUT2D eigenvalue weighted by Crippen LogP contribution is 2.22. The van der Waals surface area contributed by atoms with Crippen molar-refractivity contribution in [3.05, 3.63) is 24.3 Å². The molecule has 53 heavy (non-hydrogen) atoms. The van der Waals surface area contributed by atoms with Crippen LogP contribution in [0.25, 0.3) is 0 Å². The summed E-state index contributed by atoms with van der Waals surface area (Å²) in [6.07, 6.45) is 28.9. The quantitative estimate of drug-likeness (QED) is 0.0281. The van der Waals surface area contributed by atoms with Crippen molar-refractivity contribution >= 4 is 11.9 Å². The number of aliphatic hydroxyl groups excluding tert-OH is 4. The predicted octanol–water partition coefficient (Wildman–Crippen LogP) is 8.55. The zero-order valence-corrected chi connectivity index (χ0v) is 33.5. The topological polar surface area (TPSA) is 152 Å². The minimum atomic E-state index is -1.59. The fourth-order valence-corrected chi connectivity index (χ4v) is 6.39. The largest absolute Gasteiger partial charge is 0.462 e. The van der Waals surface area contributed by atoms with Crippen molar-refractivity contribution in [1.29, 1.82) is 0 Å². The summed E-state index contributed by atoms with van der Waals surface area (Å²) in [6.45, 7) is 3.38. The van der Waals surface area contributed by atoms with E-state index in [2.05, 4.69) is 38.2 Å². The fourth-order valence-electron chi connectivity index (χ4n) is 6.39. The van der Waals surface area contributed by atoms with E-state index in [0.717, 1.165) is 57.8 Å². The van der Waals surface area contributed by atoms with Crippen LogP contribution >= 0.6 is 0 Å². The molecule has 10 heteroatoms. The Balaban J connectivity index is 2.36. The van der Waals surface area contributed by atoms with E-state index in [1.54, 1.807) is 0 Å². The Morgan fingerprint density at radius 3 is 1.60 bits per heavy atom. The first kappa shape index (κ1) is 49.2.